The predicted molar refractivity (Wildman–Crippen MR) is 187 cm³/mol. The fourth-order valence-electron chi connectivity index (χ4n) is 7.60. The number of nitrogens with one attached hydrogen (secondary N) is 2. The van der Waals surface area contributed by atoms with Crippen LogP contribution in [0.2, 0.25) is 0 Å². The van der Waals surface area contributed by atoms with Crippen molar-refractivity contribution in [2.45, 2.75) is 57.1 Å². The Morgan fingerprint density at radius 2 is 1.72 bits per heavy atom. The molecule has 1 atom stereocenters. The van der Waals surface area contributed by atoms with Crippen LogP contribution in [0.4, 0.5) is 20.3 Å². The molecule has 0 bridgehead atoms. The summed E-state index contributed by atoms with van der Waals surface area (Å²) >= 11 is 0. The number of imide groups is 2. The van der Waals surface area contributed by atoms with Gasteiger partial charge >= 0.3 is 0 Å². The first kappa shape index (κ1) is 34.5. The van der Waals surface area contributed by atoms with Crippen LogP contribution in [0, 0.1) is 23.5 Å². The van der Waals surface area contributed by atoms with E-state index in [4.69, 9.17) is 9.47 Å². The largest absolute Gasteiger partial charge is 0.494 e. The Morgan fingerprint density at radius 1 is 0.906 bits per heavy atom. The number of amides is 4. The van der Waals surface area contributed by atoms with Gasteiger partial charge < -0.3 is 19.7 Å². The number of piperidine rings is 2. The first-order valence-corrected chi connectivity index (χ1v) is 17.9. The second kappa shape index (κ2) is 14.5. The molecule has 1 unspecified atom stereocenters. The first-order chi connectivity index (χ1) is 25.7. The fraction of sp³-hybridized carbons (Fsp3) is 0.395. The Balaban J connectivity index is 0.754. The number of anilines is 2. The average molecular weight is 726 g/mol. The van der Waals surface area contributed by atoms with Crippen LogP contribution in [-0.4, -0.2) is 86.8 Å². The number of rotatable bonds is 11. The van der Waals surface area contributed by atoms with E-state index in [2.05, 4.69) is 30.5 Å². The highest BCUT2D eigenvalue weighted by atomic mass is 19.1. The van der Waals surface area contributed by atoms with E-state index >= 15 is 0 Å². The molecular formula is C38H37F2N7O6. The summed E-state index contributed by atoms with van der Waals surface area (Å²) in [6.45, 7) is 3.45. The zero-order valence-electron chi connectivity index (χ0n) is 28.7. The summed E-state index contributed by atoms with van der Waals surface area (Å²) in [7, 11) is 0. The molecule has 3 fully saturated rings. The van der Waals surface area contributed by atoms with Crippen molar-refractivity contribution in [1.29, 1.82) is 0 Å². The Hall–Kier alpha value is -5.57. The number of fused-ring (bicyclic) bond motifs is 2. The van der Waals surface area contributed by atoms with E-state index in [1.54, 1.807) is 30.3 Å². The molecule has 1 saturated carbocycles. The van der Waals surface area contributed by atoms with Crippen molar-refractivity contribution in [3.8, 4) is 11.6 Å². The quantitative estimate of drug-likeness (QED) is 0.205. The third-order valence-corrected chi connectivity index (χ3v) is 10.5. The number of aromatic nitrogens is 3. The van der Waals surface area contributed by atoms with Gasteiger partial charge in [-0.05, 0) is 93.8 Å². The van der Waals surface area contributed by atoms with E-state index in [1.165, 1.54) is 18.3 Å². The summed E-state index contributed by atoms with van der Waals surface area (Å²) in [5.41, 5.74) is 1.02. The van der Waals surface area contributed by atoms with Crippen LogP contribution in [0.15, 0.2) is 54.9 Å². The van der Waals surface area contributed by atoms with Gasteiger partial charge in [0.1, 0.15) is 29.2 Å². The third-order valence-electron chi connectivity index (χ3n) is 10.5. The van der Waals surface area contributed by atoms with Crippen LogP contribution in [0.3, 0.4) is 0 Å². The van der Waals surface area contributed by atoms with Gasteiger partial charge in [0.15, 0.2) is 11.6 Å². The maximum atomic E-state index is 14.6. The fourth-order valence-corrected chi connectivity index (χ4v) is 7.60. The topological polar surface area (TPSA) is 156 Å². The highest BCUT2D eigenvalue weighted by Gasteiger charge is 2.44. The first-order valence-electron chi connectivity index (χ1n) is 17.9. The van der Waals surface area contributed by atoms with Crippen LogP contribution in [0.25, 0.3) is 11.0 Å². The van der Waals surface area contributed by atoms with Crippen LogP contribution >= 0.6 is 0 Å². The number of nitrogens with zero attached hydrogens (tertiary/aromatic N) is 5. The Bertz CT molecular complexity index is 2100. The lowest BCUT2D eigenvalue weighted by Gasteiger charge is -2.40. The van der Waals surface area contributed by atoms with E-state index in [0.29, 0.717) is 29.7 Å². The van der Waals surface area contributed by atoms with Gasteiger partial charge in [0.25, 0.3) is 11.8 Å². The molecule has 53 heavy (non-hydrogen) atoms. The molecule has 1 aliphatic carbocycles. The molecule has 0 spiro atoms. The van der Waals surface area contributed by atoms with Gasteiger partial charge in [0.2, 0.25) is 17.7 Å². The van der Waals surface area contributed by atoms with Crippen molar-refractivity contribution in [1.82, 2.24) is 30.1 Å². The highest BCUT2D eigenvalue weighted by Crippen LogP contribution is 2.35. The summed E-state index contributed by atoms with van der Waals surface area (Å²) < 4.78 is 41.1. The van der Waals surface area contributed by atoms with Crippen molar-refractivity contribution < 1.29 is 37.4 Å². The Kier molecular flexibility index (Phi) is 9.41. The van der Waals surface area contributed by atoms with Crippen LogP contribution < -0.4 is 20.1 Å². The highest BCUT2D eigenvalue weighted by molar-refractivity contribution is 6.23. The smallest absolute Gasteiger partial charge is 0.262 e. The maximum Gasteiger partial charge on any atom is 0.262 e. The number of pyridine rings is 3. The summed E-state index contributed by atoms with van der Waals surface area (Å²) in [4.78, 5) is 65.7. The van der Waals surface area contributed by atoms with Gasteiger partial charge in [0.05, 0.1) is 35.1 Å². The summed E-state index contributed by atoms with van der Waals surface area (Å²) in [6, 6.07) is 9.72. The number of likely N-dealkylation sites (tertiary alicyclic amines) is 1. The Morgan fingerprint density at radius 3 is 2.53 bits per heavy atom. The van der Waals surface area contributed by atoms with E-state index < -0.39 is 41.3 Å². The minimum absolute atomic E-state index is 0.0176. The molecule has 2 N–H and O–H groups in total. The molecule has 4 aliphatic rings. The number of hydrogen-bond donors (Lipinski definition) is 2. The van der Waals surface area contributed by atoms with Gasteiger partial charge in [0, 0.05) is 31.3 Å². The zero-order chi connectivity index (χ0) is 36.6. The van der Waals surface area contributed by atoms with E-state index in [9.17, 15) is 28.0 Å². The third kappa shape index (κ3) is 7.25. The number of halogens is 2. The molecule has 15 heteroatoms. The summed E-state index contributed by atoms with van der Waals surface area (Å²) in [5.74, 6) is -1.37. The number of hydrogen-bond acceptors (Lipinski definition) is 11. The summed E-state index contributed by atoms with van der Waals surface area (Å²) in [5, 5.41) is 5.04. The van der Waals surface area contributed by atoms with Crippen molar-refractivity contribution in [2.24, 2.45) is 11.8 Å². The minimum atomic E-state index is -1.00. The van der Waals surface area contributed by atoms with Gasteiger partial charge in [-0.2, -0.15) is 0 Å². The molecule has 2 saturated heterocycles. The van der Waals surface area contributed by atoms with Gasteiger partial charge in [-0.15, -0.1) is 0 Å². The van der Waals surface area contributed by atoms with Crippen LogP contribution in [-0.2, 0) is 9.59 Å². The van der Waals surface area contributed by atoms with E-state index in [-0.39, 0.29) is 53.0 Å². The second-order valence-electron chi connectivity index (χ2n) is 14.1. The van der Waals surface area contributed by atoms with Gasteiger partial charge in [-0.1, -0.05) is 0 Å². The maximum absolute atomic E-state index is 14.6. The molecular weight excluding hydrogens is 688 g/mol. The molecule has 1 aromatic carbocycles. The Labute approximate surface area is 303 Å². The normalized spacial score (nSPS) is 22.1. The van der Waals surface area contributed by atoms with Crippen molar-refractivity contribution in [3.63, 3.8) is 0 Å². The van der Waals surface area contributed by atoms with Crippen molar-refractivity contribution in [3.05, 3.63) is 77.6 Å². The summed E-state index contributed by atoms with van der Waals surface area (Å²) in [6.07, 6.45) is 7.44. The van der Waals surface area contributed by atoms with E-state index in [1.807, 2.05) is 0 Å². The SMILES string of the molecule is O=C1CCC(N2C(=O)c3ccc(OCCC4CCN(CC5CC(Oc6cc(Nc7cc(F)c8ncccc8n7)c(F)cn6)C5)CC4)cc3C2=O)C(=O)N1. The second-order valence-corrected chi connectivity index (χ2v) is 14.1. The van der Waals surface area contributed by atoms with Crippen LogP contribution in [0.5, 0.6) is 11.6 Å². The average Bonchev–Trinajstić information content (AvgIpc) is 3.37. The molecule has 4 amide bonds. The van der Waals surface area contributed by atoms with Crippen molar-refractivity contribution in [2.75, 3.05) is 31.6 Å². The molecule has 8 rings (SSSR count). The predicted octanol–water partition coefficient (Wildman–Crippen LogP) is 4.79. The molecule has 13 nitrogen and oxygen atoms in total. The number of benzene rings is 1. The molecule has 3 aromatic heterocycles. The monoisotopic (exact) mass is 725 g/mol. The lowest BCUT2D eigenvalue weighted by atomic mass is 9.81. The standard InChI is InChI=1S/C38H37F2N7O6/c39-27-17-32(43-29-2-1-10-41-35(27)29)44-30-18-34(42-19-28(30)40)53-24-14-22(15-24)20-46-11-7-21(8-12-46)9-13-52-23-3-4-25-26(16-23)38(51)47(37(25)50)31-5-6-33(48)45-36(31)49/h1-4,10,16-19,21-22,24,31H,5-9,11-15,20H2,(H,42,43,44)(H,45,48,49). The molecule has 6 heterocycles. The minimum Gasteiger partial charge on any atom is -0.494 e. The number of carbonyl (C=O) groups is 4. The van der Waals surface area contributed by atoms with Gasteiger partial charge in [-0.25, -0.2) is 18.7 Å². The lowest BCUT2D eigenvalue weighted by Crippen LogP contribution is -2.54. The van der Waals surface area contributed by atoms with Crippen LogP contribution in [0.1, 0.15) is 65.7 Å². The van der Waals surface area contributed by atoms with E-state index in [0.717, 1.165) is 62.8 Å². The molecule has 274 valence electrons. The number of carbonyl (C=O) groups excluding carboxylic acids is 4. The zero-order valence-corrected chi connectivity index (χ0v) is 28.7. The molecule has 0 radical (unpaired) electrons. The lowest BCUT2D eigenvalue weighted by molar-refractivity contribution is -0.136. The van der Waals surface area contributed by atoms with Crippen molar-refractivity contribution >= 4 is 46.2 Å². The number of ether oxygens (including phenoxy) is 2. The van der Waals surface area contributed by atoms with Gasteiger partial charge in [-0.3, -0.25) is 34.4 Å². The molecule has 4 aromatic rings. The molecule has 3 aliphatic heterocycles.